The Bertz CT molecular complexity index is 2700. The van der Waals surface area contributed by atoms with Crippen LogP contribution in [0.1, 0.15) is 132 Å². The first-order valence-electron chi connectivity index (χ1n) is 18.7. The number of allylic oxidation sites excluding steroid dienone is 1. The van der Waals surface area contributed by atoms with Gasteiger partial charge in [0, 0.05) is 64.3 Å². The van der Waals surface area contributed by atoms with Crippen molar-refractivity contribution in [2.75, 3.05) is 26.4 Å². The number of carbonyl (C=O) groups excluding carboxylic acids is 7. The average molecular weight is 1100 g/mol. The van der Waals surface area contributed by atoms with Crippen LogP contribution in [0.15, 0.2) is 98.2 Å². The van der Waals surface area contributed by atoms with Gasteiger partial charge >= 0.3 is 19.8 Å². The number of aliphatic hydroxyl groups excluding tert-OH is 1. The van der Waals surface area contributed by atoms with Crippen LogP contribution >= 0.6 is 28.3 Å². The van der Waals surface area contributed by atoms with Gasteiger partial charge in [0.2, 0.25) is 34.7 Å². The van der Waals surface area contributed by atoms with Crippen molar-refractivity contribution in [1.82, 2.24) is 0 Å². The number of furan rings is 2. The Kier molecular flexibility index (Phi) is 20.6. The second kappa shape index (κ2) is 24.0. The SMILES string of the molecule is C.C.C#CC1(C)OCCO1.CC(=O)c1cc2c(o1)C(=O)c1ccccc1C2=O.CC1(c2cc3c(o2)C(=O)c2ccccc2C3=O)OCCO1.Cl.O=C1C(=O)c2ccccc2C(O)=C1Br.[Cu].[O]=[Cu]. The molecule has 0 amide bonds. The van der Waals surface area contributed by atoms with Gasteiger partial charge in [0.05, 0.1) is 37.6 Å². The summed E-state index contributed by atoms with van der Waals surface area (Å²) in [5.41, 5.74) is 2.53. The molecule has 0 unspecified atom stereocenters. The Morgan fingerprint density at radius 3 is 1.40 bits per heavy atom. The predicted molar refractivity (Wildman–Crippen MR) is 238 cm³/mol. The normalized spacial score (nSPS) is 16.0. The molecule has 0 atom stereocenters. The van der Waals surface area contributed by atoms with Crippen molar-refractivity contribution in [2.24, 2.45) is 0 Å². The molecule has 67 heavy (non-hydrogen) atoms. The standard InChI is InChI=1S/C16H12O5.C14H8O4.C10H5BrO3.C6H8O2.2CH4.ClH.2Cu.O/c1-16(19-6-7-20-16)12-8-11-13(17)9-4-2-3-5-10(9)14(18)15(11)21-12;1-7(15)11-6-10-12(16)8-4-2-3-5-9(8)13(17)14(10)18-11;11-7-8(12)5-3-1-2-4-6(5)9(13)10(7)14;1-3-6(2)7-4-5-8-6;;;;;;/h2-5,8H,6-7H2,1H3;2-6H,1H3;1-4,12H;1H,4-5H2,2H3;2*1H4;1H;;;. The quantitative estimate of drug-likeness (QED) is 0.0742. The van der Waals surface area contributed by atoms with Gasteiger partial charge in [0.15, 0.2) is 40.4 Å². The first kappa shape index (κ1) is 57.6. The number of hydrogen-bond acceptors (Lipinski definition) is 15. The third-order valence-corrected chi connectivity index (χ3v) is 10.7. The van der Waals surface area contributed by atoms with Crippen molar-refractivity contribution in [3.8, 4) is 12.3 Å². The van der Waals surface area contributed by atoms with Crippen LogP contribution in [0.25, 0.3) is 5.76 Å². The van der Waals surface area contributed by atoms with Crippen LogP contribution in [0, 0.1) is 12.3 Å². The Balaban J connectivity index is 0.000000309. The summed E-state index contributed by atoms with van der Waals surface area (Å²) in [7, 11) is 0. The van der Waals surface area contributed by atoms with Gasteiger partial charge in [0.25, 0.3) is 0 Å². The van der Waals surface area contributed by atoms with Gasteiger partial charge in [-0.3, -0.25) is 33.6 Å². The number of rotatable bonds is 2. The maximum absolute atomic E-state index is 12.5. The van der Waals surface area contributed by atoms with E-state index in [0.717, 1.165) is 0 Å². The summed E-state index contributed by atoms with van der Waals surface area (Å²) in [4.78, 5) is 83.2. The fraction of sp³-hybridized carbons (Fsp3) is 0.229. The second-order valence-corrected chi connectivity index (χ2v) is 14.8. The minimum absolute atomic E-state index is 0. The minimum atomic E-state index is -1.04. The Labute approximate surface area is 418 Å². The number of halogens is 2. The third-order valence-electron chi connectivity index (χ3n) is 9.97. The molecule has 2 saturated heterocycles. The molecule has 4 heterocycles. The van der Waals surface area contributed by atoms with Gasteiger partial charge in [-0.05, 0) is 40.9 Å². The van der Waals surface area contributed by atoms with Crippen LogP contribution in [0.5, 0.6) is 0 Å². The number of ketones is 7. The summed E-state index contributed by atoms with van der Waals surface area (Å²) in [5.74, 6) is -1.89. The van der Waals surface area contributed by atoms with Crippen LogP contribution in [-0.4, -0.2) is 77.8 Å². The fourth-order valence-corrected chi connectivity index (χ4v) is 7.13. The molecule has 3 aromatic carbocycles. The first-order valence-corrected chi connectivity index (χ1v) is 19.9. The Hall–Kier alpha value is -5.54. The molecular formula is C48H42BrClCu2O15. The molecule has 2 aromatic heterocycles. The number of benzene rings is 3. The Morgan fingerprint density at radius 1 is 0.612 bits per heavy atom. The van der Waals surface area contributed by atoms with Gasteiger partial charge in [-0.1, -0.05) is 87.6 Å². The van der Waals surface area contributed by atoms with Crippen LogP contribution in [-0.2, 0) is 66.4 Å². The average Bonchev–Trinajstić information content (AvgIpc) is 4.15. The van der Waals surface area contributed by atoms with E-state index in [-0.39, 0.29) is 117 Å². The van der Waals surface area contributed by atoms with E-state index in [9.17, 15) is 38.7 Å². The molecule has 1 N–H and O–H groups in total. The topological polar surface area (TPSA) is 220 Å². The fourth-order valence-electron chi connectivity index (χ4n) is 6.74. The summed E-state index contributed by atoms with van der Waals surface area (Å²) in [5, 5.41) is 9.58. The van der Waals surface area contributed by atoms with Crippen LogP contribution in [0.3, 0.4) is 0 Å². The monoisotopic (exact) mass is 1100 g/mol. The molecule has 0 saturated carbocycles. The van der Waals surface area contributed by atoms with Gasteiger partial charge in [0.1, 0.15) is 10.2 Å². The maximum atomic E-state index is 12.5. The molecule has 2 fully saturated rings. The summed E-state index contributed by atoms with van der Waals surface area (Å²) >= 11 is 5.83. The molecule has 3 aliphatic carbocycles. The van der Waals surface area contributed by atoms with E-state index in [1.54, 1.807) is 86.6 Å². The van der Waals surface area contributed by atoms with E-state index in [0.29, 0.717) is 60.0 Å². The van der Waals surface area contributed by atoms with E-state index in [1.165, 1.54) is 19.1 Å². The number of carbonyl (C=O) groups is 7. The van der Waals surface area contributed by atoms with Gasteiger partial charge in [-0.15, -0.1) is 18.8 Å². The summed E-state index contributed by atoms with van der Waals surface area (Å²) in [6.07, 6.45) is 5.07. The van der Waals surface area contributed by atoms with Crippen LogP contribution < -0.4 is 0 Å². The van der Waals surface area contributed by atoms with Crippen LogP contribution in [0.4, 0.5) is 0 Å². The molecule has 19 heteroatoms. The van der Waals surface area contributed by atoms with Crippen LogP contribution in [0.2, 0.25) is 0 Å². The molecule has 360 valence electrons. The van der Waals surface area contributed by atoms with Crippen molar-refractivity contribution in [3.05, 3.63) is 157 Å². The molecule has 5 aliphatic rings. The molecule has 1 radical (unpaired) electrons. The number of hydrogen-bond donors (Lipinski definition) is 1. The summed E-state index contributed by atoms with van der Waals surface area (Å²) < 4.78 is 39.6. The van der Waals surface area contributed by atoms with E-state index in [2.05, 4.69) is 37.8 Å². The van der Waals surface area contributed by atoms with Gasteiger partial charge in [-0.2, -0.15) is 0 Å². The molecule has 0 bridgehead atoms. The zero-order valence-corrected chi connectivity index (χ0v) is 38.3. The van der Waals surface area contributed by atoms with Crippen molar-refractivity contribution in [2.45, 2.75) is 47.2 Å². The zero-order valence-electron chi connectivity index (χ0n) is 34.0. The summed E-state index contributed by atoms with van der Waals surface area (Å²) in [6, 6.07) is 22.6. The molecule has 0 spiro atoms. The van der Waals surface area contributed by atoms with E-state index < -0.39 is 23.1 Å². The first-order chi connectivity index (χ1) is 30.1. The predicted octanol–water partition coefficient (Wildman–Crippen LogP) is 8.56. The van der Waals surface area contributed by atoms with Crippen molar-refractivity contribution in [3.63, 3.8) is 0 Å². The third kappa shape index (κ3) is 11.4. The molecule has 15 nitrogen and oxygen atoms in total. The molecule has 2 aliphatic heterocycles. The zero-order chi connectivity index (χ0) is 45.8. The van der Waals surface area contributed by atoms with E-state index >= 15 is 0 Å². The van der Waals surface area contributed by atoms with Gasteiger partial charge < -0.3 is 32.9 Å². The number of fused-ring (bicyclic) bond motifs is 5. The van der Waals surface area contributed by atoms with E-state index in [1.807, 2.05) is 0 Å². The molecule has 5 aromatic rings. The number of terminal acetylenes is 1. The number of Topliss-reactive ketones (excluding diaryl/α,β-unsaturated/α-hetero) is 3. The second-order valence-electron chi connectivity index (χ2n) is 14.0. The van der Waals surface area contributed by atoms with Crippen molar-refractivity contribution < 1.29 is 103 Å². The number of aliphatic hydroxyl groups is 1. The van der Waals surface area contributed by atoms with Gasteiger partial charge in [-0.25, -0.2) is 0 Å². The van der Waals surface area contributed by atoms with Crippen molar-refractivity contribution in [1.29, 1.82) is 0 Å². The number of ether oxygens (including phenoxy) is 4. The van der Waals surface area contributed by atoms with E-state index in [4.69, 9.17) is 38.0 Å². The Morgan fingerprint density at radius 2 is 0.985 bits per heavy atom. The van der Waals surface area contributed by atoms with Crippen molar-refractivity contribution >= 4 is 74.6 Å². The molecular weight excluding hydrogens is 1060 g/mol. The molecule has 10 rings (SSSR count). The summed E-state index contributed by atoms with van der Waals surface area (Å²) in [6.45, 7) is 6.90.